The molecule has 3 aliphatic heterocycles. The molecule has 0 spiro atoms. The molecule has 0 aliphatic carbocycles. The van der Waals surface area contributed by atoms with E-state index < -0.39 is 24.3 Å². The predicted molar refractivity (Wildman–Crippen MR) is 266 cm³/mol. The maximum Gasteiger partial charge on any atom is 0.407 e. The molecule has 8 rings (SSSR count). The van der Waals surface area contributed by atoms with E-state index in [2.05, 4.69) is 119 Å². The maximum absolute atomic E-state index is 13.8. The molecule has 0 radical (unpaired) electrons. The fourth-order valence-electron chi connectivity index (χ4n) is 10.4. The summed E-state index contributed by atoms with van der Waals surface area (Å²) in [6.07, 6.45) is 6.79. The predicted octanol–water partition coefficient (Wildman–Crippen LogP) is 9.94. The maximum atomic E-state index is 13.8. The number of amides is 4. The van der Waals surface area contributed by atoms with Gasteiger partial charge in [0.25, 0.3) is 5.91 Å². The number of anilines is 1. The number of aromatic nitrogens is 4. The normalized spacial score (nSPS) is 20.4. The quantitative estimate of drug-likeness (QED) is 0.0895. The second-order valence-electron chi connectivity index (χ2n) is 20.5. The molecule has 6 atom stereocenters. The smallest absolute Gasteiger partial charge is 0.407 e. The molecule has 366 valence electrons. The highest BCUT2D eigenvalue weighted by molar-refractivity contribution is 5.86. The van der Waals surface area contributed by atoms with Gasteiger partial charge in [-0.05, 0) is 84.6 Å². The van der Waals surface area contributed by atoms with Gasteiger partial charge in [-0.15, -0.1) is 0 Å². The van der Waals surface area contributed by atoms with Crippen LogP contribution in [-0.4, -0.2) is 93.1 Å². The molecule has 3 saturated heterocycles. The zero-order chi connectivity index (χ0) is 49.1. The number of carbonyl (C=O) groups excluding carboxylic acids is 4. The summed E-state index contributed by atoms with van der Waals surface area (Å²) in [6, 6.07) is 25.6. The second kappa shape index (κ2) is 20.5. The molecule has 5 aromatic rings. The highest BCUT2D eigenvalue weighted by atomic mass is 16.6. The first-order chi connectivity index (χ1) is 33.1. The molecule has 4 amide bonds. The van der Waals surface area contributed by atoms with Crippen LogP contribution in [0.2, 0.25) is 0 Å². The second-order valence-corrected chi connectivity index (χ2v) is 20.5. The van der Waals surface area contributed by atoms with E-state index in [0.717, 1.165) is 72.7 Å². The molecule has 3 fully saturated rings. The third kappa shape index (κ3) is 10.4. The number of methoxy groups -OCH3 is 1. The van der Waals surface area contributed by atoms with Crippen molar-refractivity contribution in [2.75, 3.05) is 32.1 Å². The Hall–Kier alpha value is -6.64. The number of nitrogens with one attached hydrogen (secondary N) is 4. The molecule has 0 saturated carbocycles. The van der Waals surface area contributed by atoms with E-state index in [1.165, 1.54) is 36.5 Å². The summed E-state index contributed by atoms with van der Waals surface area (Å²) in [7, 11) is 2.79. The summed E-state index contributed by atoms with van der Waals surface area (Å²) in [6.45, 7) is 15.5. The molecule has 2 aromatic heterocycles. The van der Waals surface area contributed by atoms with Gasteiger partial charge >= 0.3 is 12.2 Å². The van der Waals surface area contributed by atoms with Crippen LogP contribution in [0.4, 0.5) is 15.3 Å². The lowest BCUT2D eigenvalue weighted by molar-refractivity contribution is -0.143. The topological polar surface area (TPSA) is 178 Å². The number of likely N-dealkylation sites (tertiary alicyclic amines) is 2. The van der Waals surface area contributed by atoms with Gasteiger partial charge in [0.05, 0.1) is 55.1 Å². The number of benzene rings is 3. The van der Waals surface area contributed by atoms with Gasteiger partial charge < -0.3 is 44.8 Å². The van der Waals surface area contributed by atoms with Crippen LogP contribution in [0, 0.1) is 11.8 Å². The van der Waals surface area contributed by atoms with E-state index in [9.17, 15) is 19.2 Å². The molecular formula is C54H69N9O6. The molecule has 0 unspecified atom stereocenters. The highest BCUT2D eigenvalue weighted by Gasteiger charge is 2.40. The molecule has 5 heterocycles. The van der Waals surface area contributed by atoms with Crippen LogP contribution in [0.25, 0.3) is 22.8 Å². The number of alkyl carbamates (subject to hydrolysis) is 2. The van der Waals surface area contributed by atoms with Crippen LogP contribution >= 0.6 is 0 Å². The minimum Gasteiger partial charge on any atom is -0.453 e. The minimum absolute atomic E-state index is 0.0263. The van der Waals surface area contributed by atoms with E-state index >= 15 is 0 Å². The SMILES string of the molecule is CNC(=O)O[C@H](C(=O)N1CCC[C@H]1c1cnc(-c2ccc([C@@H]3CC[C@@H](c4ccc(-c5ncc([C@@H]6CCCN6C(=O)[C@@H](NC(=O)OC)C(C)C)[nH]5)cc4)N3c3ccc(C(C)(C)C)cc3)cc2)[nH]1)C(C)C. The number of nitrogens with zero attached hydrogens (tertiary/aromatic N) is 5. The van der Waals surface area contributed by atoms with Gasteiger partial charge in [0.1, 0.15) is 17.7 Å². The van der Waals surface area contributed by atoms with Gasteiger partial charge in [-0.2, -0.15) is 0 Å². The van der Waals surface area contributed by atoms with Crippen LogP contribution in [0.1, 0.15) is 139 Å². The molecule has 69 heavy (non-hydrogen) atoms. The Labute approximate surface area is 406 Å². The number of aromatic amines is 2. The number of ether oxygens (including phenoxy) is 2. The number of imidazole rings is 2. The Morgan fingerprint density at radius 1 is 0.652 bits per heavy atom. The Kier molecular flexibility index (Phi) is 14.5. The van der Waals surface area contributed by atoms with Gasteiger partial charge in [-0.25, -0.2) is 19.6 Å². The fourth-order valence-corrected chi connectivity index (χ4v) is 10.4. The van der Waals surface area contributed by atoms with Crippen molar-refractivity contribution in [1.82, 2.24) is 40.4 Å². The molecule has 3 aromatic carbocycles. The monoisotopic (exact) mass is 940 g/mol. The van der Waals surface area contributed by atoms with Gasteiger partial charge in [0.2, 0.25) is 5.91 Å². The van der Waals surface area contributed by atoms with Crippen molar-refractivity contribution in [1.29, 1.82) is 0 Å². The largest absolute Gasteiger partial charge is 0.453 e. The molecule has 4 N–H and O–H groups in total. The van der Waals surface area contributed by atoms with Crippen molar-refractivity contribution in [3.8, 4) is 22.8 Å². The third-order valence-corrected chi connectivity index (χ3v) is 14.2. The third-order valence-electron chi connectivity index (χ3n) is 14.2. The number of hydrogen-bond donors (Lipinski definition) is 4. The van der Waals surface area contributed by atoms with E-state index in [4.69, 9.17) is 19.4 Å². The number of hydrogen-bond acceptors (Lipinski definition) is 9. The zero-order valence-electron chi connectivity index (χ0n) is 41.5. The number of carbonyl (C=O) groups is 4. The van der Waals surface area contributed by atoms with Gasteiger partial charge in [0.15, 0.2) is 6.10 Å². The first-order valence-electron chi connectivity index (χ1n) is 24.6. The van der Waals surface area contributed by atoms with Crippen molar-refractivity contribution in [3.05, 3.63) is 113 Å². The summed E-state index contributed by atoms with van der Waals surface area (Å²) in [5.41, 5.74) is 8.58. The van der Waals surface area contributed by atoms with Gasteiger partial charge in [-0.1, -0.05) is 109 Å². The number of H-pyrrole nitrogens is 2. The average molecular weight is 940 g/mol. The summed E-state index contributed by atoms with van der Waals surface area (Å²) in [4.78, 5) is 74.5. The van der Waals surface area contributed by atoms with Crippen molar-refractivity contribution >= 4 is 29.7 Å². The van der Waals surface area contributed by atoms with E-state index in [1.807, 2.05) is 49.9 Å². The van der Waals surface area contributed by atoms with E-state index in [0.29, 0.717) is 13.1 Å². The first-order valence-corrected chi connectivity index (χ1v) is 24.6. The first kappa shape index (κ1) is 48.8. The Bertz CT molecular complexity index is 2430. The standard InChI is InChI=1S/C54H69N9O6/c1-32(2)46(60-53(67)68-9)50(64)61-28-10-12-44(61)40-30-56-48(58-40)36-18-14-34(15-19-36)42-26-27-43(63(42)39-24-22-38(23-25-39)54(5,6)7)35-16-20-37(21-17-35)49-57-31-41(59-49)45-13-11-29-62(45)51(65)47(33(3)4)69-52(66)55-8/h14-25,30-33,42-47H,10-13,26-29H2,1-9H3,(H,55,66)(H,56,58)(H,57,59)(H,60,67)/t42-,43-,44-,45-,46-,47-/m0/s1. The van der Waals surface area contributed by atoms with E-state index in [-0.39, 0.29) is 53.2 Å². The molecular weight excluding hydrogens is 871 g/mol. The molecule has 0 bridgehead atoms. The summed E-state index contributed by atoms with van der Waals surface area (Å²) in [5, 5.41) is 5.20. The van der Waals surface area contributed by atoms with Crippen molar-refractivity contribution in [2.45, 2.75) is 129 Å². The van der Waals surface area contributed by atoms with E-state index in [1.54, 1.807) is 0 Å². The Balaban J connectivity index is 1.00. The van der Waals surface area contributed by atoms with Crippen LogP contribution in [0.15, 0.2) is 85.2 Å². The molecule has 15 nitrogen and oxygen atoms in total. The lowest BCUT2D eigenvalue weighted by Crippen LogP contribution is -2.51. The Morgan fingerprint density at radius 2 is 1.14 bits per heavy atom. The van der Waals surface area contributed by atoms with Gasteiger partial charge in [-0.3, -0.25) is 9.59 Å². The van der Waals surface area contributed by atoms with Gasteiger partial charge in [0, 0.05) is 37.0 Å². The molecule has 15 heteroatoms. The lowest BCUT2D eigenvalue weighted by atomic mass is 9.87. The lowest BCUT2D eigenvalue weighted by Gasteiger charge is -2.34. The fraction of sp³-hybridized carbons (Fsp3) is 0.481. The van der Waals surface area contributed by atoms with Crippen LogP contribution in [-0.2, 0) is 24.5 Å². The summed E-state index contributed by atoms with van der Waals surface area (Å²) < 4.78 is 10.3. The summed E-state index contributed by atoms with van der Waals surface area (Å²) >= 11 is 0. The van der Waals surface area contributed by atoms with Crippen molar-refractivity contribution < 1.29 is 28.7 Å². The zero-order valence-corrected chi connectivity index (χ0v) is 41.5. The van der Waals surface area contributed by atoms with Crippen molar-refractivity contribution in [2.24, 2.45) is 11.8 Å². The van der Waals surface area contributed by atoms with Crippen LogP contribution in [0.5, 0.6) is 0 Å². The highest BCUT2D eigenvalue weighted by Crippen LogP contribution is 2.48. The average Bonchev–Trinajstić information content (AvgIpc) is 4.21. The van der Waals surface area contributed by atoms with Crippen LogP contribution in [0.3, 0.4) is 0 Å². The molecule has 3 aliphatic rings. The minimum atomic E-state index is -0.875. The summed E-state index contributed by atoms with van der Waals surface area (Å²) in [5.74, 6) is 0.883. The van der Waals surface area contributed by atoms with Crippen LogP contribution < -0.4 is 15.5 Å². The Morgan fingerprint density at radius 3 is 1.58 bits per heavy atom. The number of rotatable bonds is 13. The van der Waals surface area contributed by atoms with Crippen molar-refractivity contribution in [3.63, 3.8) is 0 Å².